The lowest BCUT2D eigenvalue weighted by Crippen LogP contribution is -2.40. The van der Waals surface area contributed by atoms with Gasteiger partial charge in [0.25, 0.3) is 0 Å². The molecule has 8 heteroatoms. The molecule has 2 aromatic rings. The van der Waals surface area contributed by atoms with E-state index in [0.29, 0.717) is 19.2 Å². The largest absolute Gasteiger partial charge is 0.454 e. The predicted octanol–water partition coefficient (Wildman–Crippen LogP) is 2.66. The number of nitrogens with zero attached hydrogens (tertiary/aromatic N) is 4. The molecule has 0 aliphatic carbocycles. The van der Waals surface area contributed by atoms with Crippen molar-refractivity contribution in [2.24, 2.45) is 5.41 Å². The molecule has 8 nitrogen and oxygen atoms in total. The fourth-order valence-electron chi connectivity index (χ4n) is 5.36. The molecule has 1 aromatic carbocycles. The predicted molar refractivity (Wildman–Crippen MR) is 119 cm³/mol. The van der Waals surface area contributed by atoms with E-state index in [1.807, 2.05) is 17.3 Å². The molecule has 0 bridgehead atoms. The van der Waals surface area contributed by atoms with E-state index in [1.54, 1.807) is 7.11 Å². The van der Waals surface area contributed by atoms with E-state index in [4.69, 9.17) is 19.2 Å². The number of methoxy groups -OCH3 is 1. The third kappa shape index (κ3) is 3.65. The SMILES string of the molecule is COCCN1CC[C@@]2(CN(Cc3ccc4c(c3)OCO4)C[C@H]2c2cn(C(C)C)cn2)C1=O. The molecule has 2 fully saturated rings. The molecule has 1 aromatic heterocycles. The highest BCUT2D eigenvalue weighted by atomic mass is 16.7. The summed E-state index contributed by atoms with van der Waals surface area (Å²) < 4.78 is 18.4. The zero-order valence-electron chi connectivity index (χ0n) is 19.1. The highest BCUT2D eigenvalue weighted by Gasteiger charge is 2.57. The van der Waals surface area contributed by atoms with Crippen molar-refractivity contribution >= 4 is 5.91 Å². The summed E-state index contributed by atoms with van der Waals surface area (Å²) in [6.45, 7) is 8.88. The first-order chi connectivity index (χ1) is 15.5. The van der Waals surface area contributed by atoms with Gasteiger partial charge in [0, 0.05) is 58.0 Å². The molecular formula is C24H32N4O4. The molecule has 5 rings (SSSR count). The van der Waals surface area contributed by atoms with Crippen LogP contribution >= 0.6 is 0 Å². The molecule has 32 heavy (non-hydrogen) atoms. The van der Waals surface area contributed by atoms with Gasteiger partial charge >= 0.3 is 0 Å². The Morgan fingerprint density at radius 3 is 2.91 bits per heavy atom. The molecule has 2 atom stereocenters. The van der Waals surface area contributed by atoms with E-state index >= 15 is 0 Å². The Kier molecular flexibility index (Phi) is 5.59. The van der Waals surface area contributed by atoms with Crippen molar-refractivity contribution < 1.29 is 19.0 Å². The smallest absolute Gasteiger partial charge is 0.231 e. The van der Waals surface area contributed by atoms with E-state index in [1.165, 1.54) is 5.56 Å². The topological polar surface area (TPSA) is 69.1 Å². The van der Waals surface area contributed by atoms with E-state index in [-0.39, 0.29) is 18.6 Å². The number of fused-ring (bicyclic) bond motifs is 1. The van der Waals surface area contributed by atoms with Gasteiger partial charge in [-0.3, -0.25) is 9.69 Å². The lowest BCUT2D eigenvalue weighted by molar-refractivity contribution is -0.136. The third-order valence-corrected chi connectivity index (χ3v) is 7.14. The molecule has 1 spiro atoms. The number of carbonyl (C=O) groups is 1. The molecule has 0 N–H and O–H groups in total. The Labute approximate surface area is 189 Å². The molecule has 0 unspecified atom stereocenters. The monoisotopic (exact) mass is 440 g/mol. The van der Waals surface area contributed by atoms with Gasteiger partial charge in [0.15, 0.2) is 11.5 Å². The average Bonchev–Trinajstić information content (AvgIpc) is 3.55. The first kappa shape index (κ1) is 21.3. The minimum Gasteiger partial charge on any atom is -0.454 e. The van der Waals surface area contributed by atoms with E-state index in [0.717, 1.165) is 49.8 Å². The molecule has 172 valence electrons. The summed E-state index contributed by atoms with van der Waals surface area (Å²) in [7, 11) is 1.68. The van der Waals surface area contributed by atoms with Crippen LogP contribution in [0.15, 0.2) is 30.7 Å². The van der Waals surface area contributed by atoms with Gasteiger partial charge in [-0.15, -0.1) is 0 Å². The first-order valence-corrected chi connectivity index (χ1v) is 11.4. The van der Waals surface area contributed by atoms with Crippen molar-refractivity contribution in [3.8, 4) is 11.5 Å². The Balaban J connectivity index is 1.41. The molecule has 2 saturated heterocycles. The minimum absolute atomic E-state index is 0.0801. The second-order valence-corrected chi connectivity index (χ2v) is 9.44. The maximum atomic E-state index is 13.7. The zero-order chi connectivity index (χ0) is 22.3. The number of hydrogen-bond acceptors (Lipinski definition) is 6. The van der Waals surface area contributed by atoms with Gasteiger partial charge in [0.2, 0.25) is 12.7 Å². The van der Waals surface area contributed by atoms with Gasteiger partial charge in [-0.25, -0.2) is 4.98 Å². The highest BCUT2D eigenvalue weighted by Crippen LogP contribution is 2.50. The number of amides is 1. The normalized spacial score (nSPS) is 25.1. The van der Waals surface area contributed by atoms with Crippen molar-refractivity contribution in [2.45, 2.75) is 38.8 Å². The second kappa shape index (κ2) is 8.41. The van der Waals surface area contributed by atoms with Crippen LogP contribution in [0.25, 0.3) is 0 Å². The summed E-state index contributed by atoms with van der Waals surface area (Å²) in [5.41, 5.74) is 1.76. The van der Waals surface area contributed by atoms with Crippen molar-refractivity contribution in [1.82, 2.24) is 19.4 Å². The van der Waals surface area contributed by atoms with Crippen LogP contribution in [0.3, 0.4) is 0 Å². The van der Waals surface area contributed by atoms with Crippen molar-refractivity contribution in [3.63, 3.8) is 0 Å². The summed E-state index contributed by atoms with van der Waals surface area (Å²) in [5, 5.41) is 0. The van der Waals surface area contributed by atoms with Crippen LogP contribution < -0.4 is 9.47 Å². The van der Waals surface area contributed by atoms with Crippen LogP contribution in [0.5, 0.6) is 11.5 Å². The maximum absolute atomic E-state index is 13.7. The van der Waals surface area contributed by atoms with Crippen molar-refractivity contribution in [3.05, 3.63) is 42.0 Å². The Morgan fingerprint density at radius 1 is 1.28 bits per heavy atom. The Bertz CT molecular complexity index is 990. The Hall–Kier alpha value is -2.58. The first-order valence-electron chi connectivity index (χ1n) is 11.4. The summed E-state index contributed by atoms with van der Waals surface area (Å²) in [6.07, 6.45) is 4.88. The molecule has 3 aliphatic heterocycles. The van der Waals surface area contributed by atoms with E-state index in [2.05, 4.69) is 41.6 Å². The van der Waals surface area contributed by atoms with Crippen molar-refractivity contribution in [2.75, 3.05) is 46.7 Å². The molecule has 4 heterocycles. The quantitative estimate of drug-likeness (QED) is 0.659. The van der Waals surface area contributed by atoms with Crippen molar-refractivity contribution in [1.29, 1.82) is 0 Å². The molecule has 0 saturated carbocycles. The minimum atomic E-state index is -0.430. The summed E-state index contributed by atoms with van der Waals surface area (Å²) in [4.78, 5) is 22.8. The van der Waals surface area contributed by atoms with E-state index < -0.39 is 5.41 Å². The number of likely N-dealkylation sites (tertiary alicyclic amines) is 2. The number of benzene rings is 1. The van der Waals surface area contributed by atoms with Crippen LogP contribution in [0.4, 0.5) is 0 Å². The van der Waals surface area contributed by atoms with Crippen LogP contribution in [0.1, 0.15) is 43.5 Å². The number of aromatic nitrogens is 2. The zero-order valence-corrected chi connectivity index (χ0v) is 19.1. The molecule has 3 aliphatic rings. The fraction of sp³-hybridized carbons (Fsp3) is 0.583. The number of hydrogen-bond donors (Lipinski definition) is 0. The summed E-state index contributed by atoms with van der Waals surface area (Å²) in [5.74, 6) is 1.92. The molecule has 1 amide bonds. The van der Waals surface area contributed by atoms with Crippen LogP contribution in [-0.2, 0) is 16.1 Å². The Morgan fingerprint density at radius 2 is 2.12 bits per heavy atom. The number of imidazole rings is 1. The lowest BCUT2D eigenvalue weighted by Gasteiger charge is -2.28. The van der Waals surface area contributed by atoms with E-state index in [9.17, 15) is 4.79 Å². The number of rotatable bonds is 7. The molecular weight excluding hydrogens is 408 g/mol. The third-order valence-electron chi connectivity index (χ3n) is 7.14. The van der Waals surface area contributed by atoms with Gasteiger partial charge in [-0.1, -0.05) is 6.07 Å². The van der Waals surface area contributed by atoms with Gasteiger partial charge in [0.05, 0.1) is 24.0 Å². The van der Waals surface area contributed by atoms with Crippen LogP contribution in [-0.4, -0.2) is 71.9 Å². The van der Waals surface area contributed by atoms with Gasteiger partial charge < -0.3 is 23.7 Å². The maximum Gasteiger partial charge on any atom is 0.231 e. The highest BCUT2D eigenvalue weighted by molar-refractivity contribution is 5.86. The summed E-state index contributed by atoms with van der Waals surface area (Å²) in [6, 6.07) is 6.45. The van der Waals surface area contributed by atoms with Gasteiger partial charge in [0.1, 0.15) is 0 Å². The van der Waals surface area contributed by atoms with Crippen LogP contribution in [0.2, 0.25) is 0 Å². The van der Waals surface area contributed by atoms with Crippen LogP contribution in [0, 0.1) is 5.41 Å². The summed E-state index contributed by atoms with van der Waals surface area (Å²) >= 11 is 0. The fourth-order valence-corrected chi connectivity index (χ4v) is 5.36. The van der Waals surface area contributed by atoms with Gasteiger partial charge in [-0.05, 0) is 38.0 Å². The average molecular weight is 441 g/mol. The standard InChI is InChI=1S/C24H32N4O4/c1-17(2)28-13-20(25-15-28)19-12-26(11-18-4-5-21-22(10-18)32-16-31-21)14-24(19)6-7-27(23(24)29)8-9-30-3/h4-5,10,13,15,17,19H,6-9,11-12,14,16H2,1-3H3/t19-,24-/m0/s1. The number of ether oxygens (including phenoxy) is 3. The number of carbonyl (C=O) groups excluding carboxylic acids is 1. The molecule has 0 radical (unpaired) electrons. The lowest BCUT2D eigenvalue weighted by atomic mass is 9.75. The second-order valence-electron chi connectivity index (χ2n) is 9.44. The van der Waals surface area contributed by atoms with Gasteiger partial charge in [-0.2, -0.15) is 0 Å².